The topological polar surface area (TPSA) is 73.6 Å². The van der Waals surface area contributed by atoms with Crippen LogP contribution in [0, 0.1) is 0 Å². The maximum Gasteiger partial charge on any atom is 0.265 e. The molecule has 2 aromatic carbocycles. The summed E-state index contributed by atoms with van der Waals surface area (Å²) >= 11 is 0. The number of benzene rings is 2. The Morgan fingerprint density at radius 3 is 2.52 bits per heavy atom. The molecule has 0 spiro atoms. The maximum atomic E-state index is 12.1. The van der Waals surface area contributed by atoms with Gasteiger partial charge in [0.25, 0.3) is 5.91 Å². The molecule has 0 heterocycles. The highest BCUT2D eigenvalue weighted by molar-refractivity contribution is 5.94. The van der Waals surface area contributed by atoms with Crippen molar-refractivity contribution in [2.45, 2.75) is 13.0 Å². The lowest BCUT2D eigenvalue weighted by molar-refractivity contribution is -0.122. The fraction of sp³-hybridized carbons (Fsp3) is 0.188. The quantitative estimate of drug-likeness (QED) is 0.829. The van der Waals surface area contributed by atoms with Gasteiger partial charge >= 0.3 is 0 Å². The zero-order valence-electron chi connectivity index (χ0n) is 12.0. The SMILES string of the molecule is COc1ccccc1O[C@H](C)C(=O)Nc1cccc(N)c1. The van der Waals surface area contributed by atoms with Crippen molar-refractivity contribution in [2.24, 2.45) is 0 Å². The third kappa shape index (κ3) is 3.89. The summed E-state index contributed by atoms with van der Waals surface area (Å²) in [5, 5.41) is 2.76. The summed E-state index contributed by atoms with van der Waals surface area (Å²) in [5.74, 6) is 0.850. The Balaban J connectivity index is 2.02. The molecule has 110 valence electrons. The molecule has 2 rings (SSSR count). The molecule has 0 saturated heterocycles. The van der Waals surface area contributed by atoms with Crippen molar-refractivity contribution >= 4 is 17.3 Å². The zero-order chi connectivity index (χ0) is 15.2. The van der Waals surface area contributed by atoms with E-state index in [9.17, 15) is 4.79 Å². The molecule has 21 heavy (non-hydrogen) atoms. The number of nitrogen functional groups attached to an aromatic ring is 1. The Labute approximate surface area is 123 Å². The molecule has 0 aliphatic carbocycles. The summed E-state index contributed by atoms with van der Waals surface area (Å²) in [5.41, 5.74) is 6.90. The van der Waals surface area contributed by atoms with E-state index in [1.807, 2.05) is 12.1 Å². The van der Waals surface area contributed by atoms with Crippen LogP contribution in [0.5, 0.6) is 11.5 Å². The molecule has 0 aromatic heterocycles. The molecule has 0 saturated carbocycles. The smallest absolute Gasteiger partial charge is 0.265 e. The number of nitrogens with two attached hydrogens (primary N) is 1. The highest BCUT2D eigenvalue weighted by Crippen LogP contribution is 2.27. The first-order valence-corrected chi connectivity index (χ1v) is 6.56. The standard InChI is InChI=1S/C16H18N2O3/c1-11(21-15-9-4-3-8-14(15)20-2)16(19)18-13-7-5-6-12(17)10-13/h3-11H,17H2,1-2H3,(H,18,19)/t11-/m1/s1. The van der Waals surface area contributed by atoms with Crippen molar-refractivity contribution in [3.05, 3.63) is 48.5 Å². The lowest BCUT2D eigenvalue weighted by Crippen LogP contribution is -2.30. The maximum absolute atomic E-state index is 12.1. The number of nitrogens with one attached hydrogen (secondary N) is 1. The molecular formula is C16H18N2O3. The van der Waals surface area contributed by atoms with E-state index in [4.69, 9.17) is 15.2 Å². The van der Waals surface area contributed by atoms with Crippen LogP contribution in [-0.4, -0.2) is 19.1 Å². The third-order valence-electron chi connectivity index (χ3n) is 2.90. The van der Waals surface area contributed by atoms with Gasteiger partial charge in [-0.3, -0.25) is 4.79 Å². The van der Waals surface area contributed by atoms with Gasteiger partial charge in [0.1, 0.15) is 0 Å². The minimum atomic E-state index is -0.664. The summed E-state index contributed by atoms with van der Waals surface area (Å²) in [6, 6.07) is 14.2. The van der Waals surface area contributed by atoms with Crippen LogP contribution >= 0.6 is 0 Å². The Bertz CT molecular complexity index is 628. The largest absolute Gasteiger partial charge is 0.493 e. The zero-order valence-corrected chi connectivity index (χ0v) is 12.0. The number of anilines is 2. The molecule has 0 unspecified atom stereocenters. The Kier molecular flexibility index (Phi) is 4.66. The number of rotatable bonds is 5. The fourth-order valence-corrected chi connectivity index (χ4v) is 1.82. The second-order valence-corrected chi connectivity index (χ2v) is 4.53. The van der Waals surface area contributed by atoms with Gasteiger partial charge in [0.05, 0.1) is 7.11 Å². The van der Waals surface area contributed by atoms with E-state index in [1.165, 1.54) is 0 Å². The van der Waals surface area contributed by atoms with Gasteiger partial charge in [0, 0.05) is 11.4 Å². The van der Waals surface area contributed by atoms with E-state index < -0.39 is 6.10 Å². The lowest BCUT2D eigenvalue weighted by atomic mass is 10.2. The van der Waals surface area contributed by atoms with E-state index in [-0.39, 0.29) is 5.91 Å². The number of hydrogen-bond donors (Lipinski definition) is 2. The van der Waals surface area contributed by atoms with E-state index >= 15 is 0 Å². The van der Waals surface area contributed by atoms with Crippen LogP contribution in [0.25, 0.3) is 0 Å². The van der Waals surface area contributed by atoms with Gasteiger partial charge in [-0.2, -0.15) is 0 Å². The van der Waals surface area contributed by atoms with Gasteiger partial charge in [-0.15, -0.1) is 0 Å². The van der Waals surface area contributed by atoms with Gasteiger partial charge in [0.2, 0.25) is 0 Å². The Morgan fingerprint density at radius 1 is 1.14 bits per heavy atom. The van der Waals surface area contributed by atoms with Crippen LogP contribution < -0.4 is 20.5 Å². The monoisotopic (exact) mass is 286 g/mol. The molecule has 5 nitrogen and oxygen atoms in total. The van der Waals surface area contributed by atoms with E-state index in [0.717, 1.165) is 0 Å². The van der Waals surface area contributed by atoms with Gasteiger partial charge in [-0.05, 0) is 37.3 Å². The van der Waals surface area contributed by atoms with Crippen molar-refractivity contribution in [3.8, 4) is 11.5 Å². The number of hydrogen-bond acceptors (Lipinski definition) is 4. The van der Waals surface area contributed by atoms with Crippen LogP contribution in [0.3, 0.4) is 0 Å². The van der Waals surface area contributed by atoms with Gasteiger partial charge < -0.3 is 20.5 Å². The molecule has 0 radical (unpaired) electrons. The van der Waals surface area contributed by atoms with Gasteiger partial charge in [0.15, 0.2) is 17.6 Å². The third-order valence-corrected chi connectivity index (χ3v) is 2.90. The predicted octanol–water partition coefficient (Wildman–Crippen LogP) is 2.68. The average molecular weight is 286 g/mol. The molecule has 0 fully saturated rings. The fourth-order valence-electron chi connectivity index (χ4n) is 1.82. The minimum absolute atomic E-state index is 0.258. The van der Waals surface area contributed by atoms with Crippen LogP contribution in [-0.2, 0) is 4.79 Å². The van der Waals surface area contributed by atoms with Crippen molar-refractivity contribution in [1.82, 2.24) is 0 Å². The first kappa shape index (κ1) is 14.7. The Hall–Kier alpha value is -2.69. The number of methoxy groups -OCH3 is 1. The molecule has 3 N–H and O–H groups in total. The van der Waals surface area contributed by atoms with E-state index in [0.29, 0.717) is 22.9 Å². The molecule has 2 aromatic rings. The summed E-state index contributed by atoms with van der Waals surface area (Å²) in [6.07, 6.45) is -0.664. The molecule has 0 bridgehead atoms. The second-order valence-electron chi connectivity index (χ2n) is 4.53. The van der Waals surface area contributed by atoms with Crippen LogP contribution in [0.2, 0.25) is 0 Å². The summed E-state index contributed by atoms with van der Waals surface area (Å²) in [4.78, 5) is 12.1. The predicted molar refractivity (Wildman–Crippen MR) is 82.6 cm³/mol. The minimum Gasteiger partial charge on any atom is -0.493 e. The van der Waals surface area contributed by atoms with Crippen LogP contribution in [0.4, 0.5) is 11.4 Å². The lowest BCUT2D eigenvalue weighted by Gasteiger charge is -2.16. The van der Waals surface area contributed by atoms with E-state index in [1.54, 1.807) is 50.4 Å². The molecule has 5 heteroatoms. The number of carbonyl (C=O) groups is 1. The Morgan fingerprint density at radius 2 is 1.86 bits per heavy atom. The normalized spacial score (nSPS) is 11.5. The van der Waals surface area contributed by atoms with E-state index in [2.05, 4.69) is 5.32 Å². The highest BCUT2D eigenvalue weighted by atomic mass is 16.5. The number of carbonyl (C=O) groups excluding carboxylic acids is 1. The number of ether oxygens (including phenoxy) is 2. The van der Waals surface area contributed by atoms with Gasteiger partial charge in [-0.25, -0.2) is 0 Å². The van der Waals surface area contributed by atoms with Gasteiger partial charge in [-0.1, -0.05) is 18.2 Å². The van der Waals surface area contributed by atoms with Crippen LogP contribution in [0.15, 0.2) is 48.5 Å². The number of para-hydroxylation sites is 2. The van der Waals surface area contributed by atoms with Crippen molar-refractivity contribution < 1.29 is 14.3 Å². The summed E-state index contributed by atoms with van der Waals surface area (Å²) < 4.78 is 10.8. The molecular weight excluding hydrogens is 268 g/mol. The summed E-state index contributed by atoms with van der Waals surface area (Å²) in [7, 11) is 1.56. The molecule has 1 amide bonds. The summed E-state index contributed by atoms with van der Waals surface area (Å²) in [6.45, 7) is 1.67. The van der Waals surface area contributed by atoms with Crippen molar-refractivity contribution in [2.75, 3.05) is 18.2 Å². The molecule has 1 atom stereocenters. The second kappa shape index (κ2) is 6.65. The molecule has 0 aliphatic heterocycles. The van der Waals surface area contributed by atoms with Crippen molar-refractivity contribution in [1.29, 1.82) is 0 Å². The first-order valence-electron chi connectivity index (χ1n) is 6.56. The first-order chi connectivity index (χ1) is 10.1. The highest BCUT2D eigenvalue weighted by Gasteiger charge is 2.16. The molecule has 0 aliphatic rings. The van der Waals surface area contributed by atoms with Crippen molar-refractivity contribution in [3.63, 3.8) is 0 Å². The van der Waals surface area contributed by atoms with Crippen LogP contribution in [0.1, 0.15) is 6.92 Å². The number of amides is 1. The average Bonchev–Trinajstić information content (AvgIpc) is 2.47.